The number of nitrogens with one attached hydrogen (secondary N) is 1. The first-order valence-corrected chi connectivity index (χ1v) is 12.1. The fourth-order valence-corrected chi connectivity index (χ4v) is 5.53. The Morgan fingerprint density at radius 1 is 1.03 bits per heavy atom. The van der Waals surface area contributed by atoms with Crippen LogP contribution in [0.1, 0.15) is 48.7 Å². The highest BCUT2D eigenvalue weighted by atomic mass is 32.2. The van der Waals surface area contributed by atoms with Gasteiger partial charge in [-0.05, 0) is 49.7 Å². The van der Waals surface area contributed by atoms with Gasteiger partial charge in [0.15, 0.2) is 0 Å². The molecule has 3 rings (SSSR count). The van der Waals surface area contributed by atoms with Crippen molar-refractivity contribution in [2.45, 2.75) is 37.6 Å². The van der Waals surface area contributed by atoms with Crippen LogP contribution in [-0.2, 0) is 10.0 Å². The Labute approximate surface area is 179 Å². The van der Waals surface area contributed by atoms with E-state index in [4.69, 9.17) is 0 Å². The molecule has 0 bridgehead atoms. The maximum Gasteiger partial charge on any atom is 0.251 e. The summed E-state index contributed by atoms with van der Waals surface area (Å²) in [7, 11) is -3.55. The average molecular weight is 430 g/mol. The molecular weight excluding hydrogens is 398 g/mol. The molecule has 162 valence electrons. The van der Waals surface area contributed by atoms with E-state index in [9.17, 15) is 13.2 Å². The normalized spacial score (nSPS) is 16.0. The maximum atomic E-state index is 12.8. The molecule has 1 atom stereocenters. The van der Waals surface area contributed by atoms with Crippen molar-refractivity contribution in [1.29, 1.82) is 0 Å². The molecule has 1 N–H and O–H groups in total. The number of carbonyl (C=O) groups excluding carboxylic acids is 1. The van der Waals surface area contributed by atoms with Gasteiger partial charge in [0, 0.05) is 25.2 Å². The number of sulfonamides is 1. The van der Waals surface area contributed by atoms with Gasteiger partial charge in [-0.25, -0.2) is 8.42 Å². The van der Waals surface area contributed by atoms with Gasteiger partial charge in [-0.1, -0.05) is 50.2 Å². The van der Waals surface area contributed by atoms with Crippen molar-refractivity contribution in [3.63, 3.8) is 0 Å². The summed E-state index contributed by atoms with van der Waals surface area (Å²) < 4.78 is 27.1. The predicted octanol–water partition coefficient (Wildman–Crippen LogP) is 3.28. The first-order valence-electron chi connectivity index (χ1n) is 10.6. The second kappa shape index (κ2) is 10.2. The average Bonchev–Trinajstić information content (AvgIpc) is 3.33. The zero-order valence-electron chi connectivity index (χ0n) is 17.8. The monoisotopic (exact) mass is 429 g/mol. The predicted molar refractivity (Wildman–Crippen MR) is 119 cm³/mol. The number of benzene rings is 2. The Morgan fingerprint density at radius 2 is 1.70 bits per heavy atom. The third kappa shape index (κ3) is 5.09. The number of rotatable bonds is 9. The van der Waals surface area contributed by atoms with Gasteiger partial charge in [0.2, 0.25) is 10.0 Å². The van der Waals surface area contributed by atoms with E-state index in [1.165, 1.54) is 10.4 Å². The zero-order chi connectivity index (χ0) is 21.6. The summed E-state index contributed by atoms with van der Waals surface area (Å²) in [5.74, 6) is -0.262. The molecule has 1 heterocycles. The molecule has 7 heteroatoms. The molecule has 0 spiro atoms. The zero-order valence-corrected chi connectivity index (χ0v) is 18.6. The number of carbonyl (C=O) groups is 1. The number of likely N-dealkylation sites (N-methyl/N-ethyl adjacent to an activating group) is 1. The van der Waals surface area contributed by atoms with E-state index < -0.39 is 10.0 Å². The van der Waals surface area contributed by atoms with Gasteiger partial charge in [0.25, 0.3) is 5.91 Å². The van der Waals surface area contributed by atoms with Crippen LogP contribution in [0.5, 0.6) is 0 Å². The molecule has 1 fully saturated rings. The van der Waals surface area contributed by atoms with Crippen molar-refractivity contribution >= 4 is 15.9 Å². The van der Waals surface area contributed by atoms with Crippen LogP contribution >= 0.6 is 0 Å². The van der Waals surface area contributed by atoms with Crippen LogP contribution in [0.4, 0.5) is 0 Å². The molecule has 0 saturated carbocycles. The summed E-state index contributed by atoms with van der Waals surface area (Å²) in [6.07, 6.45) is 1.76. The second-order valence-corrected chi connectivity index (χ2v) is 9.43. The van der Waals surface area contributed by atoms with E-state index in [-0.39, 0.29) is 16.8 Å². The van der Waals surface area contributed by atoms with Gasteiger partial charge in [-0.2, -0.15) is 4.31 Å². The summed E-state index contributed by atoms with van der Waals surface area (Å²) >= 11 is 0. The lowest BCUT2D eigenvalue weighted by atomic mass is 10.0. The van der Waals surface area contributed by atoms with Crippen LogP contribution in [0, 0.1) is 0 Å². The summed E-state index contributed by atoms with van der Waals surface area (Å²) in [6, 6.07) is 16.5. The van der Waals surface area contributed by atoms with Crippen LogP contribution in [0.2, 0.25) is 0 Å². The molecule has 1 saturated heterocycles. The highest BCUT2D eigenvalue weighted by molar-refractivity contribution is 7.89. The van der Waals surface area contributed by atoms with E-state index in [2.05, 4.69) is 36.2 Å². The standard InChI is InChI=1S/C23H31N3O3S/c1-3-25(4-2)22(19-11-6-5-7-12-19)18-24-23(27)20-13-10-14-21(17-20)30(28,29)26-15-8-9-16-26/h5-7,10-14,17,22H,3-4,8-9,15-16,18H2,1-2H3,(H,24,27). The third-order valence-corrected chi connectivity index (χ3v) is 7.59. The molecule has 0 aromatic heterocycles. The molecule has 1 aliphatic rings. The van der Waals surface area contributed by atoms with Crippen molar-refractivity contribution in [2.24, 2.45) is 0 Å². The largest absolute Gasteiger partial charge is 0.350 e. The molecule has 2 aromatic rings. The van der Waals surface area contributed by atoms with E-state index in [0.29, 0.717) is 25.2 Å². The first kappa shape index (κ1) is 22.5. The molecule has 1 aliphatic heterocycles. The van der Waals surface area contributed by atoms with Gasteiger partial charge < -0.3 is 5.32 Å². The highest BCUT2D eigenvalue weighted by Crippen LogP contribution is 2.22. The topological polar surface area (TPSA) is 69.7 Å². The number of amides is 1. The first-order chi connectivity index (χ1) is 14.5. The van der Waals surface area contributed by atoms with Crippen LogP contribution < -0.4 is 5.32 Å². The van der Waals surface area contributed by atoms with Crippen molar-refractivity contribution in [3.05, 3.63) is 65.7 Å². The molecule has 1 amide bonds. The Balaban J connectivity index is 1.75. The lowest BCUT2D eigenvalue weighted by Gasteiger charge is -2.30. The van der Waals surface area contributed by atoms with E-state index in [1.807, 2.05) is 18.2 Å². The van der Waals surface area contributed by atoms with Gasteiger partial charge in [0.1, 0.15) is 0 Å². The lowest BCUT2D eigenvalue weighted by molar-refractivity contribution is 0.0934. The fraction of sp³-hybridized carbons (Fsp3) is 0.435. The van der Waals surface area contributed by atoms with E-state index in [0.717, 1.165) is 31.5 Å². The Hall–Kier alpha value is -2.22. The van der Waals surface area contributed by atoms with Crippen LogP contribution in [0.3, 0.4) is 0 Å². The quantitative estimate of drug-likeness (QED) is 0.664. The summed E-state index contributed by atoms with van der Waals surface area (Å²) in [5.41, 5.74) is 1.51. The minimum absolute atomic E-state index is 0.0571. The van der Waals surface area contributed by atoms with Crippen molar-refractivity contribution in [1.82, 2.24) is 14.5 Å². The van der Waals surface area contributed by atoms with Crippen LogP contribution in [-0.4, -0.2) is 56.3 Å². The number of nitrogens with zero attached hydrogens (tertiary/aromatic N) is 2. The smallest absolute Gasteiger partial charge is 0.251 e. The Kier molecular flexibility index (Phi) is 7.64. The molecule has 0 aliphatic carbocycles. The maximum absolute atomic E-state index is 12.8. The molecular formula is C23H31N3O3S. The molecule has 2 aromatic carbocycles. The third-order valence-electron chi connectivity index (χ3n) is 5.69. The van der Waals surface area contributed by atoms with Gasteiger partial charge >= 0.3 is 0 Å². The lowest BCUT2D eigenvalue weighted by Crippen LogP contribution is -2.38. The van der Waals surface area contributed by atoms with E-state index >= 15 is 0 Å². The minimum atomic E-state index is -3.55. The molecule has 30 heavy (non-hydrogen) atoms. The molecule has 0 radical (unpaired) electrons. The van der Waals surface area contributed by atoms with Crippen molar-refractivity contribution in [3.8, 4) is 0 Å². The van der Waals surface area contributed by atoms with Gasteiger partial charge in [-0.3, -0.25) is 9.69 Å². The van der Waals surface area contributed by atoms with Crippen molar-refractivity contribution < 1.29 is 13.2 Å². The highest BCUT2D eigenvalue weighted by Gasteiger charge is 2.27. The summed E-state index contributed by atoms with van der Waals surface area (Å²) in [5, 5.41) is 3.01. The van der Waals surface area contributed by atoms with Crippen LogP contribution in [0.25, 0.3) is 0 Å². The second-order valence-electron chi connectivity index (χ2n) is 7.50. The Morgan fingerprint density at radius 3 is 2.33 bits per heavy atom. The van der Waals surface area contributed by atoms with E-state index in [1.54, 1.807) is 18.2 Å². The molecule has 6 nitrogen and oxygen atoms in total. The summed E-state index contributed by atoms with van der Waals surface area (Å²) in [6.45, 7) is 7.49. The Bertz CT molecular complexity index is 937. The molecule has 1 unspecified atom stereocenters. The van der Waals surface area contributed by atoms with Crippen molar-refractivity contribution in [2.75, 3.05) is 32.7 Å². The van der Waals surface area contributed by atoms with Gasteiger partial charge in [-0.15, -0.1) is 0 Å². The minimum Gasteiger partial charge on any atom is -0.350 e. The van der Waals surface area contributed by atoms with Crippen LogP contribution in [0.15, 0.2) is 59.5 Å². The summed E-state index contributed by atoms with van der Waals surface area (Å²) in [4.78, 5) is 15.3. The number of hydrogen-bond acceptors (Lipinski definition) is 4. The SMILES string of the molecule is CCN(CC)C(CNC(=O)c1cccc(S(=O)(=O)N2CCCC2)c1)c1ccccc1. The van der Waals surface area contributed by atoms with Gasteiger partial charge in [0.05, 0.1) is 10.9 Å². The fourth-order valence-electron chi connectivity index (χ4n) is 3.96. The number of hydrogen-bond donors (Lipinski definition) is 1.